The Morgan fingerprint density at radius 1 is 1.28 bits per heavy atom. The normalized spacial score (nSPS) is 12.2. The predicted octanol–water partition coefficient (Wildman–Crippen LogP) is 1.43. The fraction of sp³-hybridized carbons (Fsp3) is 0.125. The van der Waals surface area contributed by atoms with Crippen molar-refractivity contribution in [2.24, 2.45) is 0 Å². The van der Waals surface area contributed by atoms with Crippen molar-refractivity contribution in [3.8, 4) is 0 Å². The summed E-state index contributed by atoms with van der Waals surface area (Å²) in [5.74, 6) is -2.27. The summed E-state index contributed by atoms with van der Waals surface area (Å²) in [7, 11) is -5.01. The third-order valence-electron chi connectivity index (χ3n) is 1.81. The van der Waals surface area contributed by atoms with Crippen molar-refractivity contribution in [2.45, 2.75) is 11.1 Å². The lowest BCUT2D eigenvalue weighted by molar-refractivity contribution is -0.167. The van der Waals surface area contributed by atoms with E-state index in [1.54, 1.807) is 0 Å². The van der Waals surface area contributed by atoms with Crippen LogP contribution in [0.15, 0.2) is 23.1 Å². The van der Waals surface area contributed by atoms with Crippen molar-refractivity contribution in [2.75, 3.05) is 11.1 Å². The number of alkyl halides is 3. The number of benzene rings is 1. The van der Waals surface area contributed by atoms with Crippen LogP contribution < -0.4 is 11.1 Å². The quantitative estimate of drug-likeness (QED) is 0.489. The van der Waals surface area contributed by atoms with Gasteiger partial charge in [-0.2, -0.15) is 21.6 Å². The SMILES string of the molecule is Nc1cc(S(=O)(=O)F)ccc1NC(=O)C(F)(F)F. The lowest BCUT2D eigenvalue weighted by Crippen LogP contribution is -2.30. The molecule has 0 aliphatic heterocycles. The van der Waals surface area contributed by atoms with Gasteiger partial charge in [0, 0.05) is 0 Å². The average molecular weight is 286 g/mol. The molecule has 18 heavy (non-hydrogen) atoms. The molecule has 1 aromatic rings. The van der Waals surface area contributed by atoms with Gasteiger partial charge in [-0.1, -0.05) is 0 Å². The molecule has 100 valence electrons. The van der Waals surface area contributed by atoms with E-state index in [0.29, 0.717) is 12.1 Å². The van der Waals surface area contributed by atoms with E-state index < -0.39 is 38.6 Å². The predicted molar refractivity (Wildman–Crippen MR) is 53.8 cm³/mol. The van der Waals surface area contributed by atoms with Crippen LogP contribution in [0.3, 0.4) is 0 Å². The van der Waals surface area contributed by atoms with E-state index in [1.165, 1.54) is 5.32 Å². The van der Waals surface area contributed by atoms with E-state index in [2.05, 4.69) is 0 Å². The highest BCUT2D eigenvalue weighted by Gasteiger charge is 2.38. The number of rotatable bonds is 2. The zero-order valence-electron chi connectivity index (χ0n) is 8.45. The van der Waals surface area contributed by atoms with Gasteiger partial charge in [0.2, 0.25) is 0 Å². The Bertz CT molecular complexity index is 582. The van der Waals surface area contributed by atoms with Crippen LogP contribution in [0.2, 0.25) is 0 Å². The van der Waals surface area contributed by atoms with Gasteiger partial charge in [0.15, 0.2) is 0 Å². The molecular weight excluding hydrogens is 280 g/mol. The van der Waals surface area contributed by atoms with Gasteiger partial charge in [0.05, 0.1) is 11.4 Å². The molecule has 0 aliphatic carbocycles. The topological polar surface area (TPSA) is 89.3 Å². The lowest BCUT2D eigenvalue weighted by Gasteiger charge is -2.10. The minimum atomic E-state index is -5.11. The highest BCUT2D eigenvalue weighted by molar-refractivity contribution is 7.86. The number of carbonyl (C=O) groups excluding carboxylic acids is 1. The fourth-order valence-electron chi connectivity index (χ4n) is 0.999. The molecule has 0 atom stereocenters. The van der Waals surface area contributed by atoms with Crippen LogP contribution in [-0.4, -0.2) is 20.5 Å². The molecular formula is C8H6F4N2O3S. The van der Waals surface area contributed by atoms with Crippen LogP contribution >= 0.6 is 0 Å². The first-order valence-corrected chi connectivity index (χ1v) is 5.62. The first-order chi connectivity index (χ1) is 8.01. The highest BCUT2D eigenvalue weighted by Crippen LogP contribution is 2.25. The van der Waals surface area contributed by atoms with Crippen molar-refractivity contribution >= 4 is 27.5 Å². The summed E-state index contributed by atoms with van der Waals surface area (Å²) in [6, 6.07) is 2.03. The summed E-state index contributed by atoms with van der Waals surface area (Å²) in [6.45, 7) is 0. The largest absolute Gasteiger partial charge is 0.471 e. The minimum Gasteiger partial charge on any atom is -0.397 e. The van der Waals surface area contributed by atoms with E-state index in [-0.39, 0.29) is 0 Å². The number of carbonyl (C=O) groups is 1. The van der Waals surface area contributed by atoms with Crippen molar-refractivity contribution in [3.05, 3.63) is 18.2 Å². The van der Waals surface area contributed by atoms with E-state index in [9.17, 15) is 30.3 Å². The summed E-state index contributed by atoms with van der Waals surface area (Å²) < 4.78 is 69.3. The Morgan fingerprint density at radius 3 is 2.22 bits per heavy atom. The summed E-state index contributed by atoms with van der Waals surface area (Å²) in [4.78, 5) is 9.77. The third-order valence-corrected chi connectivity index (χ3v) is 2.63. The van der Waals surface area contributed by atoms with E-state index in [4.69, 9.17) is 5.73 Å². The van der Waals surface area contributed by atoms with E-state index in [0.717, 1.165) is 6.07 Å². The van der Waals surface area contributed by atoms with Crippen LogP contribution in [0.4, 0.5) is 28.4 Å². The van der Waals surface area contributed by atoms with E-state index in [1.807, 2.05) is 0 Å². The van der Waals surface area contributed by atoms with Crippen molar-refractivity contribution in [1.29, 1.82) is 0 Å². The summed E-state index contributed by atoms with van der Waals surface area (Å²) in [6.07, 6.45) is -5.11. The van der Waals surface area contributed by atoms with Crippen LogP contribution in [-0.2, 0) is 15.0 Å². The molecule has 5 nitrogen and oxygen atoms in total. The number of amides is 1. The molecule has 1 rings (SSSR count). The maximum Gasteiger partial charge on any atom is 0.471 e. The maximum atomic E-state index is 12.5. The highest BCUT2D eigenvalue weighted by atomic mass is 32.3. The van der Waals surface area contributed by atoms with Gasteiger partial charge in [0.25, 0.3) is 0 Å². The second kappa shape index (κ2) is 4.44. The molecule has 0 unspecified atom stereocenters. The molecule has 0 radical (unpaired) electrons. The Morgan fingerprint density at radius 2 is 1.83 bits per heavy atom. The molecule has 0 spiro atoms. The molecule has 0 aliphatic rings. The van der Waals surface area contributed by atoms with Crippen LogP contribution in [0.5, 0.6) is 0 Å². The van der Waals surface area contributed by atoms with Gasteiger partial charge in [-0.3, -0.25) is 4.79 Å². The number of hydrogen-bond acceptors (Lipinski definition) is 4. The van der Waals surface area contributed by atoms with Gasteiger partial charge in [-0.15, -0.1) is 3.89 Å². The second-order valence-corrected chi connectivity index (χ2v) is 4.49. The first kappa shape index (κ1) is 14.2. The van der Waals surface area contributed by atoms with Gasteiger partial charge < -0.3 is 11.1 Å². The van der Waals surface area contributed by atoms with Gasteiger partial charge in [-0.25, -0.2) is 0 Å². The van der Waals surface area contributed by atoms with Crippen LogP contribution in [0, 0.1) is 0 Å². The summed E-state index contributed by atoms with van der Waals surface area (Å²) in [5.41, 5.74) is 4.22. The number of halogens is 4. The summed E-state index contributed by atoms with van der Waals surface area (Å²) >= 11 is 0. The lowest BCUT2D eigenvalue weighted by atomic mass is 10.2. The van der Waals surface area contributed by atoms with Gasteiger partial charge in [-0.05, 0) is 18.2 Å². The number of nitrogens with two attached hydrogens (primary N) is 1. The van der Waals surface area contributed by atoms with Crippen molar-refractivity contribution < 1.29 is 30.3 Å². The smallest absolute Gasteiger partial charge is 0.397 e. The van der Waals surface area contributed by atoms with Gasteiger partial charge in [0.1, 0.15) is 4.90 Å². The zero-order valence-corrected chi connectivity index (χ0v) is 9.27. The maximum absolute atomic E-state index is 12.5. The van der Waals surface area contributed by atoms with E-state index >= 15 is 0 Å². The molecule has 3 N–H and O–H groups in total. The number of nitrogen functional groups attached to an aromatic ring is 1. The molecule has 0 heterocycles. The Hall–Kier alpha value is -1.84. The Balaban J connectivity index is 3.05. The summed E-state index contributed by atoms with van der Waals surface area (Å²) in [5, 5.41) is 1.42. The molecule has 1 amide bonds. The number of anilines is 2. The Kier molecular flexibility index (Phi) is 3.51. The molecule has 1 aromatic carbocycles. The molecule has 0 aromatic heterocycles. The number of nitrogens with one attached hydrogen (secondary N) is 1. The second-order valence-electron chi connectivity index (χ2n) is 3.14. The van der Waals surface area contributed by atoms with Crippen molar-refractivity contribution in [1.82, 2.24) is 0 Å². The average Bonchev–Trinajstić information content (AvgIpc) is 2.17. The zero-order chi connectivity index (χ0) is 14.1. The monoisotopic (exact) mass is 286 g/mol. The third kappa shape index (κ3) is 3.32. The molecule has 10 heteroatoms. The minimum absolute atomic E-state index is 0.468. The number of hydrogen-bond donors (Lipinski definition) is 2. The molecule has 0 bridgehead atoms. The first-order valence-electron chi connectivity index (χ1n) is 4.24. The Labute approximate surface area is 98.8 Å². The van der Waals surface area contributed by atoms with Gasteiger partial charge >= 0.3 is 22.3 Å². The molecule has 0 fully saturated rings. The molecule has 0 saturated heterocycles. The van der Waals surface area contributed by atoms with Crippen molar-refractivity contribution in [3.63, 3.8) is 0 Å². The fourth-order valence-corrected chi connectivity index (χ4v) is 1.50. The van der Waals surface area contributed by atoms with Crippen LogP contribution in [0.25, 0.3) is 0 Å². The molecule has 0 saturated carbocycles. The standard InChI is InChI=1S/C8H6F4N2O3S/c9-8(10,11)7(15)14-6-2-1-4(3-5(6)13)18(12,16)17/h1-3H,13H2,(H,14,15). The van der Waals surface area contributed by atoms with Crippen LogP contribution in [0.1, 0.15) is 0 Å².